The molecule has 4 rings (SSSR count). The summed E-state index contributed by atoms with van der Waals surface area (Å²) in [6, 6.07) is 5.52. The monoisotopic (exact) mass is 581 g/mol. The maximum atomic E-state index is 12.8. The summed E-state index contributed by atoms with van der Waals surface area (Å²) in [6.07, 6.45) is 3.94. The van der Waals surface area contributed by atoms with Crippen LogP contribution in [0.25, 0.3) is 21.4 Å². The number of unbranched alkanes of at least 4 members (excludes halogenated alkanes) is 2. The molecular formula is C22H24NNaO10S3. The van der Waals surface area contributed by atoms with Crippen molar-refractivity contribution in [3.8, 4) is 10.4 Å². The van der Waals surface area contributed by atoms with E-state index in [4.69, 9.17) is 9.52 Å². The van der Waals surface area contributed by atoms with E-state index in [1.54, 1.807) is 6.07 Å². The number of hydrogen-bond acceptors (Lipinski definition) is 9. The van der Waals surface area contributed by atoms with Crippen molar-refractivity contribution in [2.45, 2.75) is 47.6 Å². The van der Waals surface area contributed by atoms with Crippen LogP contribution in [-0.4, -0.2) is 79.7 Å². The molecule has 0 unspecified atom stereocenters. The number of fused-ring (bicyclic) bond motifs is 2. The van der Waals surface area contributed by atoms with Crippen LogP contribution in [0, 0.1) is 0 Å². The molecule has 15 heteroatoms. The van der Waals surface area contributed by atoms with Gasteiger partial charge < -0.3 is 14.4 Å². The molecule has 1 aliphatic heterocycles. The Kier molecular flexibility index (Phi) is 9.28. The van der Waals surface area contributed by atoms with Gasteiger partial charge >= 0.3 is 51.3 Å². The predicted molar refractivity (Wildman–Crippen MR) is 139 cm³/mol. The molecule has 0 bridgehead atoms. The van der Waals surface area contributed by atoms with Gasteiger partial charge in [0.25, 0.3) is 10.1 Å². The van der Waals surface area contributed by atoms with Crippen LogP contribution >= 0.6 is 11.3 Å². The number of hydrogen-bond donors (Lipinski definition) is 3. The Morgan fingerprint density at radius 3 is 2.41 bits per heavy atom. The van der Waals surface area contributed by atoms with Gasteiger partial charge in [-0.15, -0.1) is 11.3 Å². The van der Waals surface area contributed by atoms with Crippen LogP contribution in [0.15, 0.2) is 42.6 Å². The van der Waals surface area contributed by atoms with Crippen molar-refractivity contribution in [3.05, 3.63) is 40.2 Å². The van der Waals surface area contributed by atoms with Crippen LogP contribution in [0.1, 0.15) is 37.7 Å². The standard InChI is InChI=1S/C22H23NO10S3.Na.H/c24-19(25)6-2-1-3-7-23-8-4-5-13-9-14-10-15(22(26)33-17(14)11-16(13)23)21-18(35(27,28)29)12-20(34-21)36(30,31)32;;/h9-12H,1-8H2,(H,24,25)(H,27,28,29)(H,30,31,32);;. The number of carboxylic acids is 1. The number of rotatable bonds is 9. The van der Waals surface area contributed by atoms with E-state index in [9.17, 15) is 35.5 Å². The first-order chi connectivity index (χ1) is 16.8. The van der Waals surface area contributed by atoms with Gasteiger partial charge in [-0.05, 0) is 49.4 Å². The van der Waals surface area contributed by atoms with Crippen LogP contribution in [0.3, 0.4) is 0 Å². The first-order valence-electron chi connectivity index (χ1n) is 11.0. The van der Waals surface area contributed by atoms with E-state index in [0.29, 0.717) is 35.8 Å². The van der Waals surface area contributed by atoms with Gasteiger partial charge in [0, 0.05) is 36.7 Å². The average Bonchev–Trinajstić information content (AvgIpc) is 3.24. The molecule has 0 fully saturated rings. The molecule has 2 aromatic heterocycles. The van der Waals surface area contributed by atoms with Gasteiger partial charge in [0.05, 0.1) is 10.4 Å². The minimum atomic E-state index is -4.92. The van der Waals surface area contributed by atoms with Crippen LogP contribution in [0.5, 0.6) is 0 Å². The van der Waals surface area contributed by atoms with Crippen LogP contribution in [0.2, 0.25) is 0 Å². The number of thiophene rings is 1. The number of carbonyl (C=O) groups is 1. The second-order valence-electron chi connectivity index (χ2n) is 8.47. The maximum absolute atomic E-state index is 12.8. The Morgan fingerprint density at radius 2 is 1.76 bits per heavy atom. The van der Waals surface area contributed by atoms with Gasteiger partial charge in [0.1, 0.15) is 14.7 Å². The Labute approximate surface area is 238 Å². The molecule has 0 spiro atoms. The normalized spacial score (nSPS) is 13.8. The number of benzene rings is 1. The molecule has 0 radical (unpaired) electrons. The van der Waals surface area contributed by atoms with Gasteiger partial charge in [-0.1, -0.05) is 6.42 Å². The second kappa shape index (κ2) is 11.5. The van der Waals surface area contributed by atoms with E-state index < -0.39 is 40.9 Å². The van der Waals surface area contributed by atoms with Crippen molar-refractivity contribution in [3.63, 3.8) is 0 Å². The first kappa shape index (κ1) is 29.8. The number of carboxylic acid groups (broad SMARTS) is 1. The van der Waals surface area contributed by atoms with Gasteiger partial charge in [0.2, 0.25) is 0 Å². The number of anilines is 1. The zero-order valence-electron chi connectivity index (χ0n) is 18.8. The second-order valence-corrected chi connectivity index (χ2v) is 12.6. The summed E-state index contributed by atoms with van der Waals surface area (Å²) in [5.41, 5.74) is 0.929. The zero-order valence-corrected chi connectivity index (χ0v) is 21.3. The van der Waals surface area contributed by atoms with Gasteiger partial charge in [0.15, 0.2) is 0 Å². The Bertz CT molecular complexity index is 1610. The molecule has 3 N–H and O–H groups in total. The molecule has 0 aliphatic carbocycles. The summed E-state index contributed by atoms with van der Waals surface area (Å²) in [4.78, 5) is 24.5. The molecule has 0 saturated heterocycles. The fourth-order valence-corrected chi connectivity index (χ4v) is 7.21. The fraction of sp³-hybridized carbons (Fsp3) is 0.364. The molecule has 0 atom stereocenters. The Morgan fingerprint density at radius 1 is 1.03 bits per heavy atom. The third-order valence-corrected chi connectivity index (χ3v) is 9.40. The van der Waals surface area contributed by atoms with Crippen LogP contribution < -0.4 is 10.5 Å². The molecule has 3 heterocycles. The van der Waals surface area contributed by atoms with Crippen molar-refractivity contribution < 1.29 is 40.3 Å². The SMILES string of the molecule is O=C(O)CCCCCN1CCCc2cc3cc(-c4sc(S(=O)(=O)O)cc4S(=O)(=O)O)c(=O)oc3cc21.[NaH]. The molecular weight excluding hydrogens is 557 g/mol. The molecule has 0 amide bonds. The molecule has 11 nitrogen and oxygen atoms in total. The fourth-order valence-electron chi connectivity index (χ4n) is 4.28. The van der Waals surface area contributed by atoms with Gasteiger partial charge in [-0.25, -0.2) is 4.79 Å². The van der Waals surface area contributed by atoms with Crippen molar-refractivity contribution >= 4 is 83.8 Å². The Hall–Kier alpha value is -1.78. The van der Waals surface area contributed by atoms with Gasteiger partial charge in [-0.2, -0.15) is 16.8 Å². The van der Waals surface area contributed by atoms with E-state index >= 15 is 0 Å². The first-order valence-corrected chi connectivity index (χ1v) is 14.7. The summed E-state index contributed by atoms with van der Waals surface area (Å²) in [7, 11) is -9.70. The van der Waals surface area contributed by atoms with E-state index in [0.717, 1.165) is 43.5 Å². The minimum absolute atomic E-state index is 0. The summed E-state index contributed by atoms with van der Waals surface area (Å²) in [6.45, 7) is 1.51. The van der Waals surface area contributed by atoms with Crippen molar-refractivity contribution in [2.75, 3.05) is 18.0 Å². The van der Waals surface area contributed by atoms with Crippen LogP contribution in [-0.2, 0) is 31.5 Å². The third kappa shape index (κ3) is 6.81. The third-order valence-electron chi connectivity index (χ3n) is 5.92. The molecule has 1 aliphatic rings. The summed E-state index contributed by atoms with van der Waals surface area (Å²) >= 11 is 0.331. The van der Waals surface area contributed by atoms with Crippen LogP contribution in [0.4, 0.5) is 5.69 Å². The number of aryl methyl sites for hydroxylation is 1. The predicted octanol–water partition coefficient (Wildman–Crippen LogP) is 2.76. The topological polar surface area (TPSA) is 179 Å². The average molecular weight is 582 g/mol. The quantitative estimate of drug-likeness (QED) is 0.146. The molecule has 1 aromatic carbocycles. The molecule has 0 saturated carbocycles. The molecule has 37 heavy (non-hydrogen) atoms. The van der Waals surface area contributed by atoms with Crippen molar-refractivity contribution in [2.24, 2.45) is 0 Å². The van der Waals surface area contributed by atoms with Crippen molar-refractivity contribution in [1.29, 1.82) is 0 Å². The van der Waals surface area contributed by atoms with E-state index in [1.807, 2.05) is 6.07 Å². The molecule has 3 aromatic rings. The number of nitrogens with zero attached hydrogens (tertiary/aromatic N) is 1. The van der Waals surface area contributed by atoms with E-state index in [1.165, 1.54) is 6.07 Å². The zero-order chi connectivity index (χ0) is 26.3. The summed E-state index contributed by atoms with van der Waals surface area (Å²) in [5.74, 6) is -0.820. The van der Waals surface area contributed by atoms with E-state index in [2.05, 4.69) is 4.90 Å². The number of aliphatic carboxylic acids is 1. The summed E-state index contributed by atoms with van der Waals surface area (Å²) < 4.78 is 70.4. The molecule has 196 valence electrons. The summed E-state index contributed by atoms with van der Waals surface area (Å²) in [5, 5.41) is 9.25. The van der Waals surface area contributed by atoms with Crippen molar-refractivity contribution in [1.82, 2.24) is 0 Å². The van der Waals surface area contributed by atoms with Gasteiger partial charge in [-0.3, -0.25) is 13.9 Å². The Balaban J connectivity index is 0.00000380. The van der Waals surface area contributed by atoms with E-state index in [-0.39, 0.29) is 52.0 Å².